The summed E-state index contributed by atoms with van der Waals surface area (Å²) in [5.74, 6) is -2.28. The molecule has 0 saturated heterocycles. The molecule has 1 aliphatic rings. The van der Waals surface area contributed by atoms with Crippen LogP contribution in [-0.4, -0.2) is 31.8 Å². The Balaban J connectivity index is 1.99. The molecule has 10 heteroatoms. The number of aliphatic imine (C=N–C) groups is 1. The number of benzene rings is 1. The molecule has 1 aliphatic carbocycles. The molecule has 27 heavy (non-hydrogen) atoms. The second-order valence-corrected chi connectivity index (χ2v) is 6.27. The molecule has 1 fully saturated rings. The number of nitrogens with zero attached hydrogens (tertiary/aromatic N) is 1. The minimum absolute atomic E-state index is 0.0797. The highest BCUT2D eigenvalue weighted by molar-refractivity contribution is 5.80. The number of hydrogen-bond acceptors (Lipinski definition) is 2. The minimum atomic E-state index is -4.24. The van der Waals surface area contributed by atoms with E-state index in [9.17, 15) is 26.3 Å². The van der Waals surface area contributed by atoms with Gasteiger partial charge in [0.2, 0.25) is 0 Å². The maximum absolute atomic E-state index is 13.9. The van der Waals surface area contributed by atoms with Gasteiger partial charge < -0.3 is 15.4 Å². The quantitative estimate of drug-likeness (QED) is 0.445. The monoisotopic (exact) mass is 397 g/mol. The number of rotatable bonds is 5. The second-order valence-electron chi connectivity index (χ2n) is 6.27. The van der Waals surface area contributed by atoms with Gasteiger partial charge in [0.05, 0.1) is 5.92 Å². The summed E-state index contributed by atoms with van der Waals surface area (Å²) in [4.78, 5) is 3.91. The van der Waals surface area contributed by atoms with Gasteiger partial charge in [0.25, 0.3) is 0 Å². The van der Waals surface area contributed by atoms with Crippen LogP contribution in [0.4, 0.5) is 26.3 Å². The van der Waals surface area contributed by atoms with Crippen molar-refractivity contribution in [2.45, 2.75) is 51.1 Å². The summed E-state index contributed by atoms with van der Waals surface area (Å²) in [6, 6.07) is 3.11. The van der Waals surface area contributed by atoms with Crippen molar-refractivity contribution >= 4 is 5.96 Å². The topological polar surface area (TPSA) is 45.7 Å². The molecule has 1 aromatic rings. The summed E-state index contributed by atoms with van der Waals surface area (Å²) in [5, 5.41) is 5.62. The van der Waals surface area contributed by atoms with Crippen LogP contribution in [-0.2, 0) is 6.54 Å². The molecule has 2 rings (SSSR count). The lowest BCUT2D eigenvalue weighted by Crippen LogP contribution is -2.46. The van der Waals surface area contributed by atoms with Gasteiger partial charge in [0.1, 0.15) is 11.6 Å². The Kier molecular flexibility index (Phi) is 7.20. The summed E-state index contributed by atoms with van der Waals surface area (Å²) in [7, 11) is 1.41. The summed E-state index contributed by atoms with van der Waals surface area (Å²) in [6.45, 7) is -3.33. The van der Waals surface area contributed by atoms with Crippen LogP contribution in [0.25, 0.3) is 0 Å². The van der Waals surface area contributed by atoms with Crippen molar-refractivity contribution in [3.63, 3.8) is 0 Å². The van der Waals surface area contributed by atoms with E-state index in [0.717, 1.165) is 6.07 Å². The third kappa shape index (κ3) is 6.21. The Morgan fingerprint density at radius 1 is 1.30 bits per heavy atom. The molecule has 0 aliphatic heterocycles. The standard InChI is InChI=1S/C17H21F6N3O/c1-24-16(26-11-5-2-4-10(8-11)17(21,22)23)25-9-12-13(18)6-3-7-14(12)27-15(19)20/h3,6-7,10-11,15H,2,4-5,8-9H2,1H3,(H2,24,25,26). The smallest absolute Gasteiger partial charge is 0.391 e. The van der Waals surface area contributed by atoms with Gasteiger partial charge in [-0.2, -0.15) is 22.0 Å². The number of alkyl halides is 5. The van der Waals surface area contributed by atoms with Crippen LogP contribution in [0, 0.1) is 11.7 Å². The fourth-order valence-corrected chi connectivity index (χ4v) is 3.10. The summed E-state index contributed by atoms with van der Waals surface area (Å²) in [6.07, 6.45) is -3.25. The predicted octanol–water partition coefficient (Wildman–Crippen LogP) is 4.21. The zero-order valence-corrected chi connectivity index (χ0v) is 14.6. The number of guanidine groups is 1. The van der Waals surface area contributed by atoms with Gasteiger partial charge in [-0.1, -0.05) is 12.5 Å². The largest absolute Gasteiger partial charge is 0.434 e. The molecule has 0 aromatic heterocycles. The van der Waals surface area contributed by atoms with Gasteiger partial charge in [-0.25, -0.2) is 4.39 Å². The number of ether oxygens (including phenoxy) is 1. The molecule has 2 unspecified atom stereocenters. The molecule has 0 radical (unpaired) electrons. The summed E-state index contributed by atoms with van der Waals surface area (Å²) in [5.41, 5.74) is -0.127. The fourth-order valence-electron chi connectivity index (χ4n) is 3.10. The maximum Gasteiger partial charge on any atom is 0.391 e. The van der Waals surface area contributed by atoms with E-state index >= 15 is 0 Å². The van der Waals surface area contributed by atoms with Gasteiger partial charge in [-0.15, -0.1) is 0 Å². The van der Waals surface area contributed by atoms with Crippen molar-refractivity contribution in [3.05, 3.63) is 29.6 Å². The van der Waals surface area contributed by atoms with Crippen LogP contribution < -0.4 is 15.4 Å². The molecule has 4 nitrogen and oxygen atoms in total. The number of hydrogen-bond donors (Lipinski definition) is 2. The Bertz CT molecular complexity index is 650. The van der Waals surface area contributed by atoms with E-state index in [1.54, 1.807) is 0 Å². The summed E-state index contributed by atoms with van der Waals surface area (Å²) < 4.78 is 81.9. The average molecular weight is 397 g/mol. The van der Waals surface area contributed by atoms with Crippen molar-refractivity contribution in [3.8, 4) is 5.75 Å². The minimum Gasteiger partial charge on any atom is -0.434 e. The van der Waals surface area contributed by atoms with Crippen molar-refractivity contribution in [2.75, 3.05) is 7.05 Å². The molecular formula is C17H21F6N3O. The van der Waals surface area contributed by atoms with Gasteiger partial charge >= 0.3 is 12.8 Å². The van der Waals surface area contributed by atoms with Gasteiger partial charge in [0.15, 0.2) is 5.96 Å². The molecule has 1 saturated carbocycles. The lowest BCUT2D eigenvalue weighted by Gasteiger charge is -2.32. The average Bonchev–Trinajstić information content (AvgIpc) is 2.59. The van der Waals surface area contributed by atoms with Crippen LogP contribution in [0.2, 0.25) is 0 Å². The van der Waals surface area contributed by atoms with Crippen LogP contribution in [0.3, 0.4) is 0 Å². The van der Waals surface area contributed by atoms with Crippen molar-refractivity contribution in [1.82, 2.24) is 10.6 Å². The summed E-state index contributed by atoms with van der Waals surface area (Å²) >= 11 is 0. The zero-order valence-electron chi connectivity index (χ0n) is 14.6. The molecule has 0 spiro atoms. The number of nitrogens with one attached hydrogen (secondary N) is 2. The Labute approximate surface area is 153 Å². The Morgan fingerprint density at radius 2 is 2.04 bits per heavy atom. The third-order valence-electron chi connectivity index (χ3n) is 4.43. The Morgan fingerprint density at radius 3 is 2.67 bits per heavy atom. The van der Waals surface area contributed by atoms with E-state index in [-0.39, 0.29) is 36.7 Å². The molecule has 0 amide bonds. The highest BCUT2D eigenvalue weighted by Gasteiger charge is 2.42. The number of halogens is 6. The van der Waals surface area contributed by atoms with E-state index in [4.69, 9.17) is 0 Å². The maximum atomic E-state index is 13.9. The van der Waals surface area contributed by atoms with E-state index in [2.05, 4.69) is 20.4 Å². The van der Waals surface area contributed by atoms with Crippen molar-refractivity contribution in [1.29, 1.82) is 0 Å². The first-order valence-corrected chi connectivity index (χ1v) is 8.46. The van der Waals surface area contributed by atoms with Gasteiger partial charge in [-0.3, -0.25) is 4.99 Å². The normalized spacial score (nSPS) is 21.3. The van der Waals surface area contributed by atoms with Crippen LogP contribution in [0.5, 0.6) is 5.75 Å². The van der Waals surface area contributed by atoms with E-state index in [1.807, 2.05) is 0 Å². The lowest BCUT2D eigenvalue weighted by molar-refractivity contribution is -0.183. The van der Waals surface area contributed by atoms with E-state index in [0.29, 0.717) is 12.8 Å². The molecule has 152 valence electrons. The zero-order chi connectivity index (χ0) is 20.0. The molecule has 2 N–H and O–H groups in total. The molecular weight excluding hydrogens is 376 g/mol. The Hall–Kier alpha value is -2.13. The van der Waals surface area contributed by atoms with Crippen LogP contribution in [0.1, 0.15) is 31.2 Å². The van der Waals surface area contributed by atoms with Crippen LogP contribution in [0.15, 0.2) is 23.2 Å². The molecule has 1 aromatic carbocycles. The fraction of sp³-hybridized carbons (Fsp3) is 0.588. The third-order valence-corrected chi connectivity index (χ3v) is 4.43. The second kappa shape index (κ2) is 9.18. The molecule has 0 bridgehead atoms. The van der Waals surface area contributed by atoms with Crippen LogP contribution >= 0.6 is 0 Å². The van der Waals surface area contributed by atoms with E-state index < -0.39 is 30.6 Å². The molecule has 2 atom stereocenters. The molecule has 0 heterocycles. The first-order chi connectivity index (χ1) is 12.7. The van der Waals surface area contributed by atoms with Crippen molar-refractivity contribution in [2.24, 2.45) is 10.9 Å². The first kappa shape index (κ1) is 21.2. The van der Waals surface area contributed by atoms with Gasteiger partial charge in [0, 0.05) is 25.2 Å². The van der Waals surface area contributed by atoms with Crippen molar-refractivity contribution < 1.29 is 31.1 Å². The SMILES string of the molecule is CN=C(NCc1c(F)cccc1OC(F)F)NC1CCCC(C(F)(F)F)C1. The van der Waals surface area contributed by atoms with Gasteiger partial charge in [-0.05, 0) is 31.4 Å². The lowest BCUT2D eigenvalue weighted by atomic mass is 9.85. The predicted molar refractivity (Wildman–Crippen MR) is 88.2 cm³/mol. The highest BCUT2D eigenvalue weighted by atomic mass is 19.4. The first-order valence-electron chi connectivity index (χ1n) is 8.46. The highest BCUT2D eigenvalue weighted by Crippen LogP contribution is 2.37. The van der Waals surface area contributed by atoms with E-state index in [1.165, 1.54) is 19.2 Å².